The lowest BCUT2D eigenvalue weighted by Crippen LogP contribution is -2.41. The zero-order valence-corrected chi connectivity index (χ0v) is 21.0. The highest BCUT2D eigenvalue weighted by atomic mass is 32.1. The lowest BCUT2D eigenvalue weighted by Gasteiger charge is -2.33. The van der Waals surface area contributed by atoms with E-state index in [0.717, 1.165) is 21.8 Å². The molecule has 0 saturated carbocycles. The van der Waals surface area contributed by atoms with Gasteiger partial charge in [0.1, 0.15) is 0 Å². The van der Waals surface area contributed by atoms with E-state index in [2.05, 4.69) is 46.9 Å². The van der Waals surface area contributed by atoms with Gasteiger partial charge in [0, 0.05) is 44.5 Å². The highest BCUT2D eigenvalue weighted by Crippen LogP contribution is 2.28. The Labute approximate surface area is 191 Å². The quantitative estimate of drug-likeness (QED) is 0.555. The van der Waals surface area contributed by atoms with Crippen molar-refractivity contribution in [2.45, 2.75) is 60.5 Å². The van der Waals surface area contributed by atoms with Crippen molar-refractivity contribution in [2.24, 2.45) is 11.3 Å². The van der Waals surface area contributed by atoms with Gasteiger partial charge in [-0.1, -0.05) is 40.7 Å². The van der Waals surface area contributed by atoms with Crippen molar-refractivity contribution in [3.63, 3.8) is 0 Å². The lowest BCUT2D eigenvalue weighted by atomic mass is 9.92. The summed E-state index contributed by atoms with van der Waals surface area (Å²) in [7, 11) is 3.99. The predicted octanol–water partition coefficient (Wildman–Crippen LogP) is 5.88. The van der Waals surface area contributed by atoms with Crippen molar-refractivity contribution in [1.29, 1.82) is 0 Å². The van der Waals surface area contributed by atoms with Gasteiger partial charge >= 0.3 is 0 Å². The third kappa shape index (κ3) is 7.10. The topological polar surface area (TPSA) is 52.7 Å². The molecule has 31 heavy (non-hydrogen) atoms. The van der Waals surface area contributed by atoms with E-state index in [-0.39, 0.29) is 23.3 Å². The Hall–Kier alpha value is -2.34. The van der Waals surface area contributed by atoms with Crippen molar-refractivity contribution in [3.05, 3.63) is 46.2 Å². The molecule has 0 radical (unpaired) electrons. The number of amides is 2. The van der Waals surface area contributed by atoms with Crippen LogP contribution in [0.15, 0.2) is 35.7 Å². The van der Waals surface area contributed by atoms with Crippen LogP contribution in [0, 0.1) is 11.3 Å². The molecule has 170 valence electrons. The number of carbonyl (C=O) groups excluding carboxylic acids is 2. The smallest absolute Gasteiger partial charge is 0.264 e. The summed E-state index contributed by atoms with van der Waals surface area (Å²) < 4.78 is 0. The average Bonchev–Trinajstić information content (AvgIpc) is 3.18. The van der Waals surface area contributed by atoms with Crippen LogP contribution in [0.25, 0.3) is 0 Å². The Kier molecular flexibility index (Phi) is 8.29. The molecule has 1 atom stereocenters. The minimum atomic E-state index is -0.0763. The fourth-order valence-corrected chi connectivity index (χ4v) is 4.08. The van der Waals surface area contributed by atoms with Crippen molar-refractivity contribution in [1.82, 2.24) is 4.90 Å². The lowest BCUT2D eigenvalue weighted by molar-refractivity contribution is -0.117. The first-order valence-corrected chi connectivity index (χ1v) is 11.7. The first-order valence-electron chi connectivity index (χ1n) is 10.8. The van der Waals surface area contributed by atoms with Gasteiger partial charge in [-0.15, -0.1) is 11.3 Å². The molecule has 5 nitrogen and oxygen atoms in total. The van der Waals surface area contributed by atoms with Crippen LogP contribution in [0.5, 0.6) is 0 Å². The summed E-state index contributed by atoms with van der Waals surface area (Å²) in [5.74, 6) is 0.364. The molecule has 0 aliphatic rings. The molecule has 1 N–H and O–H groups in total. The van der Waals surface area contributed by atoms with Crippen LogP contribution in [-0.4, -0.2) is 36.9 Å². The number of hydrogen-bond acceptors (Lipinski definition) is 4. The van der Waals surface area contributed by atoms with Gasteiger partial charge in [0.05, 0.1) is 4.88 Å². The van der Waals surface area contributed by atoms with Gasteiger partial charge in [-0.05, 0) is 53.5 Å². The summed E-state index contributed by atoms with van der Waals surface area (Å²) in [6, 6.07) is 9.80. The van der Waals surface area contributed by atoms with E-state index in [1.807, 2.05) is 59.6 Å². The Balaban J connectivity index is 2.37. The van der Waals surface area contributed by atoms with E-state index in [0.29, 0.717) is 18.9 Å². The first-order chi connectivity index (χ1) is 14.4. The Morgan fingerprint density at radius 3 is 2.29 bits per heavy atom. The number of benzene rings is 1. The van der Waals surface area contributed by atoms with Gasteiger partial charge in [0.15, 0.2) is 0 Å². The standard InChI is InChI=1S/C25H37N3O2S/c1-17(2)18(3)28(24(30)22-10-9-13-31-22)16-19-14-20(11-12-21(19)27(7)8)26-23(29)15-25(4,5)6/h9-14,17-18H,15-16H2,1-8H3,(H,26,29)/t18-/m0/s1. The maximum atomic E-state index is 13.3. The molecule has 2 aromatic rings. The molecule has 0 bridgehead atoms. The molecule has 0 saturated heterocycles. The maximum Gasteiger partial charge on any atom is 0.264 e. The SMILES string of the molecule is CC(C)[C@H](C)N(Cc1cc(NC(=O)CC(C)(C)C)ccc1N(C)C)C(=O)c1cccs1. The summed E-state index contributed by atoms with van der Waals surface area (Å²) in [6.07, 6.45) is 0.450. The largest absolute Gasteiger partial charge is 0.377 e. The van der Waals surface area contributed by atoms with Gasteiger partial charge in [-0.2, -0.15) is 0 Å². The van der Waals surface area contributed by atoms with Crippen molar-refractivity contribution in [3.8, 4) is 0 Å². The van der Waals surface area contributed by atoms with Gasteiger partial charge in [-0.25, -0.2) is 0 Å². The molecule has 0 unspecified atom stereocenters. The highest BCUT2D eigenvalue weighted by Gasteiger charge is 2.26. The summed E-state index contributed by atoms with van der Waals surface area (Å²) in [5.41, 5.74) is 2.73. The van der Waals surface area contributed by atoms with Crippen molar-refractivity contribution < 1.29 is 9.59 Å². The molecule has 0 spiro atoms. The minimum absolute atomic E-state index is 0.00174. The van der Waals surface area contributed by atoms with E-state index >= 15 is 0 Å². The van der Waals surface area contributed by atoms with Crippen LogP contribution >= 0.6 is 11.3 Å². The number of hydrogen-bond donors (Lipinski definition) is 1. The molecular weight excluding hydrogens is 406 g/mol. The monoisotopic (exact) mass is 443 g/mol. The minimum Gasteiger partial charge on any atom is -0.377 e. The molecule has 2 rings (SSSR count). The Bertz CT molecular complexity index is 883. The second kappa shape index (κ2) is 10.3. The van der Waals surface area contributed by atoms with Crippen molar-refractivity contribution >= 4 is 34.5 Å². The molecule has 2 amide bonds. The van der Waals surface area contributed by atoms with Crippen LogP contribution in [-0.2, 0) is 11.3 Å². The van der Waals surface area contributed by atoms with E-state index < -0.39 is 0 Å². The third-order valence-electron chi connectivity index (χ3n) is 5.33. The number of rotatable bonds is 8. The zero-order chi connectivity index (χ0) is 23.3. The fourth-order valence-electron chi connectivity index (χ4n) is 3.40. The molecule has 1 aromatic heterocycles. The van der Waals surface area contributed by atoms with Gasteiger partial charge in [0.25, 0.3) is 5.91 Å². The molecule has 1 aromatic carbocycles. The van der Waals surface area contributed by atoms with Crippen LogP contribution in [0.4, 0.5) is 11.4 Å². The van der Waals surface area contributed by atoms with E-state index in [1.54, 1.807) is 0 Å². The van der Waals surface area contributed by atoms with Gasteiger partial charge in [0.2, 0.25) is 5.91 Å². The van der Waals surface area contributed by atoms with E-state index in [1.165, 1.54) is 11.3 Å². The highest BCUT2D eigenvalue weighted by molar-refractivity contribution is 7.12. The number of nitrogens with zero attached hydrogens (tertiary/aromatic N) is 2. The van der Waals surface area contributed by atoms with Crippen LogP contribution in [0.3, 0.4) is 0 Å². The van der Waals surface area contributed by atoms with E-state index in [9.17, 15) is 9.59 Å². The van der Waals surface area contributed by atoms with Gasteiger partial charge in [-0.3, -0.25) is 9.59 Å². The Morgan fingerprint density at radius 1 is 1.10 bits per heavy atom. The number of carbonyl (C=O) groups is 2. The second-order valence-corrected chi connectivity index (χ2v) is 10.9. The zero-order valence-electron chi connectivity index (χ0n) is 20.2. The van der Waals surface area contributed by atoms with Crippen molar-refractivity contribution in [2.75, 3.05) is 24.3 Å². The van der Waals surface area contributed by atoms with Crippen LogP contribution in [0.1, 0.15) is 63.2 Å². The summed E-state index contributed by atoms with van der Waals surface area (Å²) in [5, 5.41) is 4.96. The molecule has 0 fully saturated rings. The summed E-state index contributed by atoms with van der Waals surface area (Å²) in [6.45, 7) is 13.0. The average molecular weight is 444 g/mol. The van der Waals surface area contributed by atoms with Gasteiger partial charge < -0.3 is 15.1 Å². The maximum absolute atomic E-state index is 13.3. The van der Waals surface area contributed by atoms with E-state index in [4.69, 9.17) is 0 Å². The Morgan fingerprint density at radius 2 is 1.77 bits per heavy atom. The summed E-state index contributed by atoms with van der Waals surface area (Å²) >= 11 is 1.47. The molecule has 6 heteroatoms. The first kappa shape index (κ1) is 24.9. The number of anilines is 2. The summed E-state index contributed by atoms with van der Waals surface area (Å²) in [4.78, 5) is 30.5. The molecule has 1 heterocycles. The molecule has 0 aliphatic heterocycles. The number of thiophene rings is 1. The van der Waals surface area contributed by atoms with Crippen LogP contribution < -0.4 is 10.2 Å². The predicted molar refractivity (Wildman–Crippen MR) is 132 cm³/mol. The fraction of sp³-hybridized carbons (Fsp3) is 0.520. The molecule has 0 aliphatic carbocycles. The normalized spacial score (nSPS) is 12.5. The van der Waals surface area contributed by atoms with Crippen LogP contribution in [0.2, 0.25) is 0 Å². The number of nitrogens with one attached hydrogen (secondary N) is 1. The molecular formula is C25H37N3O2S. The third-order valence-corrected chi connectivity index (χ3v) is 6.18. The second-order valence-electron chi connectivity index (χ2n) is 9.92.